The number of rotatable bonds is 4. The fraction of sp³-hybridized carbons (Fsp3) is 0.833. The number of nitrogens with zero attached hydrogens (tertiary/aromatic N) is 2. The molecule has 0 unspecified atom stereocenters. The lowest BCUT2D eigenvalue weighted by Crippen LogP contribution is -2.47. The summed E-state index contributed by atoms with van der Waals surface area (Å²) in [5, 5.41) is 0. The van der Waals surface area contributed by atoms with Crippen LogP contribution in [0.15, 0.2) is 0 Å². The zero-order valence-corrected chi connectivity index (χ0v) is 14.8. The number of hydrogen-bond acceptors (Lipinski definition) is 4. The summed E-state index contributed by atoms with van der Waals surface area (Å²) in [6.45, 7) is 2.32. The Balaban J connectivity index is 1.45. The summed E-state index contributed by atoms with van der Waals surface area (Å²) in [4.78, 5) is 39.4. The average Bonchev–Trinajstić information content (AvgIpc) is 3.02. The number of piperidine rings is 1. The van der Waals surface area contributed by atoms with E-state index in [0.717, 1.165) is 38.5 Å². The Hall–Kier alpha value is -1.63. The van der Waals surface area contributed by atoms with E-state index in [9.17, 15) is 14.4 Å². The van der Waals surface area contributed by atoms with Crippen molar-refractivity contribution < 1.29 is 19.1 Å². The van der Waals surface area contributed by atoms with Crippen molar-refractivity contribution in [3.8, 4) is 0 Å². The summed E-state index contributed by atoms with van der Waals surface area (Å²) < 4.78 is 5.78. The highest BCUT2D eigenvalue weighted by Gasteiger charge is 2.36. The van der Waals surface area contributed by atoms with Gasteiger partial charge in [0.25, 0.3) is 0 Å². The molecule has 0 radical (unpaired) electrons. The topological polar surface area (TPSA) is 92.9 Å². The SMILES string of the molecule is NC(=O)[C@H]1CC[C@@H](C2CCN(C(=O)CN3CCCCCC3=O)CC2)O1. The van der Waals surface area contributed by atoms with Crippen molar-refractivity contribution in [2.24, 2.45) is 11.7 Å². The Labute approximate surface area is 148 Å². The van der Waals surface area contributed by atoms with E-state index >= 15 is 0 Å². The Morgan fingerprint density at radius 1 is 1.04 bits per heavy atom. The predicted molar refractivity (Wildman–Crippen MR) is 91.4 cm³/mol. The fourth-order valence-electron chi connectivity index (χ4n) is 4.21. The molecule has 0 spiro atoms. The van der Waals surface area contributed by atoms with Gasteiger partial charge in [-0.15, -0.1) is 0 Å². The van der Waals surface area contributed by atoms with Gasteiger partial charge in [0.15, 0.2) is 0 Å². The minimum atomic E-state index is -0.446. The molecule has 25 heavy (non-hydrogen) atoms. The molecule has 2 N–H and O–H groups in total. The van der Waals surface area contributed by atoms with Crippen LogP contribution in [-0.2, 0) is 19.1 Å². The van der Waals surface area contributed by atoms with Crippen LogP contribution in [-0.4, -0.2) is 65.9 Å². The lowest BCUT2D eigenvalue weighted by molar-refractivity contribution is -0.141. The molecule has 7 nitrogen and oxygen atoms in total. The van der Waals surface area contributed by atoms with Crippen LogP contribution in [0.1, 0.15) is 51.4 Å². The van der Waals surface area contributed by atoms with Gasteiger partial charge in [-0.3, -0.25) is 14.4 Å². The number of ether oxygens (including phenoxy) is 1. The van der Waals surface area contributed by atoms with Crippen molar-refractivity contribution in [3.63, 3.8) is 0 Å². The summed E-state index contributed by atoms with van der Waals surface area (Å²) in [7, 11) is 0. The molecule has 0 aliphatic carbocycles. The maximum absolute atomic E-state index is 12.5. The molecule has 3 amide bonds. The average molecular weight is 351 g/mol. The second kappa shape index (κ2) is 8.17. The Morgan fingerprint density at radius 3 is 2.48 bits per heavy atom. The molecule has 2 atom stereocenters. The van der Waals surface area contributed by atoms with Crippen LogP contribution < -0.4 is 5.73 Å². The monoisotopic (exact) mass is 351 g/mol. The van der Waals surface area contributed by atoms with Gasteiger partial charge in [-0.25, -0.2) is 0 Å². The number of carbonyl (C=O) groups is 3. The van der Waals surface area contributed by atoms with Crippen molar-refractivity contribution in [2.75, 3.05) is 26.2 Å². The Bertz CT molecular complexity index is 516. The van der Waals surface area contributed by atoms with Crippen LogP contribution in [0.3, 0.4) is 0 Å². The Kier molecular flexibility index (Phi) is 5.93. The number of nitrogens with two attached hydrogens (primary N) is 1. The smallest absolute Gasteiger partial charge is 0.246 e. The lowest BCUT2D eigenvalue weighted by Gasteiger charge is -2.35. The van der Waals surface area contributed by atoms with Crippen molar-refractivity contribution in [3.05, 3.63) is 0 Å². The molecule has 3 saturated heterocycles. The molecule has 3 rings (SSSR count). The van der Waals surface area contributed by atoms with Crippen LogP contribution in [0.25, 0.3) is 0 Å². The standard InChI is InChI=1S/C18H29N3O4/c19-18(24)15-6-5-14(25-15)13-7-10-20(11-8-13)17(23)12-21-9-3-1-2-4-16(21)22/h13-15H,1-12H2,(H2,19,24)/t14-,15+/m0/s1. The van der Waals surface area contributed by atoms with Gasteiger partial charge in [0.05, 0.1) is 12.6 Å². The van der Waals surface area contributed by atoms with Crippen molar-refractivity contribution in [1.29, 1.82) is 0 Å². The second-order valence-electron chi connectivity index (χ2n) is 7.49. The summed E-state index contributed by atoms with van der Waals surface area (Å²) in [6, 6.07) is 0. The van der Waals surface area contributed by atoms with E-state index < -0.39 is 6.10 Å². The Morgan fingerprint density at radius 2 is 1.80 bits per heavy atom. The van der Waals surface area contributed by atoms with Crippen molar-refractivity contribution in [1.82, 2.24) is 9.80 Å². The van der Waals surface area contributed by atoms with Gasteiger partial charge in [0.2, 0.25) is 17.7 Å². The minimum absolute atomic E-state index is 0.0519. The first kappa shape index (κ1) is 18.2. The maximum atomic E-state index is 12.5. The van der Waals surface area contributed by atoms with Crippen LogP contribution in [0.2, 0.25) is 0 Å². The predicted octanol–water partition coefficient (Wildman–Crippen LogP) is 0.661. The quantitative estimate of drug-likeness (QED) is 0.805. The van der Waals surface area contributed by atoms with Gasteiger partial charge in [0, 0.05) is 26.1 Å². The largest absolute Gasteiger partial charge is 0.367 e. The molecule has 0 bridgehead atoms. The molecule has 0 aromatic heterocycles. The van der Waals surface area contributed by atoms with Crippen LogP contribution in [0.4, 0.5) is 0 Å². The molecule has 3 fully saturated rings. The van der Waals surface area contributed by atoms with E-state index in [1.807, 2.05) is 4.90 Å². The molecule has 3 aliphatic rings. The lowest BCUT2D eigenvalue weighted by atomic mass is 9.89. The van der Waals surface area contributed by atoms with Gasteiger partial charge < -0.3 is 20.3 Å². The van der Waals surface area contributed by atoms with Gasteiger partial charge in [-0.2, -0.15) is 0 Å². The number of carbonyl (C=O) groups excluding carboxylic acids is 3. The first-order valence-corrected chi connectivity index (χ1v) is 9.55. The molecular weight excluding hydrogens is 322 g/mol. The molecule has 7 heteroatoms. The van der Waals surface area contributed by atoms with Gasteiger partial charge in [-0.05, 0) is 44.4 Å². The van der Waals surface area contributed by atoms with Crippen molar-refractivity contribution >= 4 is 17.7 Å². The normalized spacial score (nSPS) is 28.9. The molecular formula is C18H29N3O4. The number of amides is 3. The van der Waals surface area contributed by atoms with E-state index in [2.05, 4.69) is 0 Å². The molecule has 0 aromatic carbocycles. The fourth-order valence-corrected chi connectivity index (χ4v) is 4.21. The van der Waals surface area contributed by atoms with Gasteiger partial charge in [0.1, 0.15) is 6.10 Å². The zero-order chi connectivity index (χ0) is 17.8. The van der Waals surface area contributed by atoms with Crippen LogP contribution in [0.5, 0.6) is 0 Å². The first-order valence-electron chi connectivity index (χ1n) is 9.55. The van der Waals surface area contributed by atoms with E-state index in [0.29, 0.717) is 38.4 Å². The van der Waals surface area contributed by atoms with E-state index in [-0.39, 0.29) is 30.4 Å². The summed E-state index contributed by atoms with van der Waals surface area (Å²) >= 11 is 0. The summed E-state index contributed by atoms with van der Waals surface area (Å²) in [5.41, 5.74) is 5.31. The first-order chi connectivity index (χ1) is 12.0. The molecule has 3 aliphatic heterocycles. The summed E-state index contributed by atoms with van der Waals surface area (Å²) in [5.74, 6) is 0.166. The number of likely N-dealkylation sites (tertiary alicyclic amines) is 2. The minimum Gasteiger partial charge on any atom is -0.367 e. The number of primary amides is 1. The van der Waals surface area contributed by atoms with E-state index in [4.69, 9.17) is 10.5 Å². The zero-order valence-electron chi connectivity index (χ0n) is 14.8. The van der Waals surface area contributed by atoms with Crippen LogP contribution in [0, 0.1) is 5.92 Å². The molecule has 0 saturated carbocycles. The molecule has 3 heterocycles. The molecule has 0 aromatic rings. The summed E-state index contributed by atoms with van der Waals surface area (Å²) in [6.07, 6.45) is 6.53. The highest BCUT2D eigenvalue weighted by Crippen LogP contribution is 2.31. The highest BCUT2D eigenvalue weighted by molar-refractivity contribution is 5.85. The van der Waals surface area contributed by atoms with Crippen molar-refractivity contribution in [2.45, 2.75) is 63.6 Å². The highest BCUT2D eigenvalue weighted by atomic mass is 16.5. The van der Waals surface area contributed by atoms with Crippen LogP contribution >= 0.6 is 0 Å². The third-order valence-electron chi connectivity index (χ3n) is 5.79. The second-order valence-corrected chi connectivity index (χ2v) is 7.49. The third-order valence-corrected chi connectivity index (χ3v) is 5.79. The van der Waals surface area contributed by atoms with Gasteiger partial charge >= 0.3 is 0 Å². The van der Waals surface area contributed by atoms with E-state index in [1.54, 1.807) is 4.90 Å². The number of hydrogen-bond donors (Lipinski definition) is 1. The maximum Gasteiger partial charge on any atom is 0.246 e. The third kappa shape index (κ3) is 4.51. The van der Waals surface area contributed by atoms with Gasteiger partial charge in [-0.1, -0.05) is 6.42 Å². The van der Waals surface area contributed by atoms with E-state index in [1.165, 1.54) is 0 Å². The molecule has 140 valence electrons.